The summed E-state index contributed by atoms with van der Waals surface area (Å²) in [5.41, 5.74) is 1.05. The molecule has 5 heteroatoms. The number of aliphatic hydroxyl groups excluding tert-OH is 3. The van der Waals surface area contributed by atoms with Crippen molar-refractivity contribution in [3.8, 4) is 0 Å². The minimum absolute atomic E-state index is 0.0263. The number of hydrogen-bond donors (Lipinski definition) is 4. The van der Waals surface area contributed by atoms with E-state index in [0.717, 1.165) is 12.0 Å². The summed E-state index contributed by atoms with van der Waals surface area (Å²) in [4.78, 5) is 11.9. The molecule has 1 rings (SSSR count). The lowest BCUT2D eigenvalue weighted by Crippen LogP contribution is -2.30. The number of aliphatic hydroxyl groups is 3. The molecule has 0 bridgehead atoms. The van der Waals surface area contributed by atoms with Crippen LogP contribution in [0.4, 0.5) is 0 Å². The van der Waals surface area contributed by atoms with Gasteiger partial charge in [0.2, 0.25) is 5.91 Å². The van der Waals surface area contributed by atoms with Crippen molar-refractivity contribution >= 4 is 5.91 Å². The van der Waals surface area contributed by atoms with Crippen LogP contribution in [0.2, 0.25) is 0 Å². The summed E-state index contributed by atoms with van der Waals surface area (Å²) in [6, 6.07) is 0.0263. The zero-order chi connectivity index (χ0) is 23.6. The Morgan fingerprint density at radius 3 is 2.22 bits per heavy atom. The second kappa shape index (κ2) is 16.9. The first-order valence-electron chi connectivity index (χ1n) is 11.1. The number of hydrogen-bond acceptors (Lipinski definition) is 4. The Hall–Kier alpha value is -2.73. The average Bonchev–Trinajstić information content (AvgIpc) is 2.72. The average molecular weight is 440 g/mol. The fraction of sp³-hybridized carbons (Fsp3) is 0.370. The van der Waals surface area contributed by atoms with E-state index >= 15 is 0 Å². The van der Waals surface area contributed by atoms with Gasteiger partial charge in [-0.2, -0.15) is 0 Å². The van der Waals surface area contributed by atoms with Crippen molar-refractivity contribution in [2.75, 3.05) is 0 Å². The molecule has 4 atom stereocenters. The number of nitrogens with one attached hydrogen (secondary N) is 1. The second-order valence-corrected chi connectivity index (χ2v) is 7.87. The molecule has 174 valence electrons. The Kier molecular flexibility index (Phi) is 14.4. The van der Waals surface area contributed by atoms with Gasteiger partial charge in [0, 0.05) is 18.5 Å². The molecule has 5 nitrogen and oxygen atoms in total. The normalized spacial score (nSPS) is 35.9. The number of carbonyl (C=O) groups is 1. The molecule has 1 aliphatic rings. The predicted molar refractivity (Wildman–Crippen MR) is 132 cm³/mol. The third-order valence-electron chi connectivity index (χ3n) is 4.58. The van der Waals surface area contributed by atoms with E-state index in [2.05, 4.69) is 5.32 Å². The molecule has 32 heavy (non-hydrogen) atoms. The Morgan fingerprint density at radius 2 is 1.44 bits per heavy atom. The van der Waals surface area contributed by atoms with Crippen molar-refractivity contribution in [1.29, 1.82) is 0 Å². The number of allylic oxidation sites excluding steroid dienone is 12. The van der Waals surface area contributed by atoms with E-state index in [-0.39, 0.29) is 24.8 Å². The Morgan fingerprint density at radius 1 is 0.781 bits per heavy atom. The minimum Gasteiger partial charge on any atom is -0.393 e. The molecule has 0 aliphatic carbocycles. The maximum Gasteiger partial charge on any atom is 0.244 e. The molecule has 4 N–H and O–H groups in total. The summed E-state index contributed by atoms with van der Waals surface area (Å²) in [5.74, 6) is -0.150. The highest BCUT2D eigenvalue weighted by atomic mass is 16.3. The van der Waals surface area contributed by atoms with E-state index in [9.17, 15) is 20.1 Å². The highest BCUT2D eigenvalue weighted by Gasteiger charge is 2.13. The van der Waals surface area contributed by atoms with Gasteiger partial charge in [0.1, 0.15) is 0 Å². The van der Waals surface area contributed by atoms with Crippen LogP contribution >= 0.6 is 0 Å². The first kappa shape index (κ1) is 27.3. The van der Waals surface area contributed by atoms with Crippen LogP contribution in [0.1, 0.15) is 39.5 Å². The smallest absolute Gasteiger partial charge is 0.244 e. The predicted octanol–water partition coefficient (Wildman–Crippen LogP) is 3.99. The Balaban J connectivity index is 2.79. The standard InChI is InChI=1S/C27H37NO4/c1-22-14-8-6-7-9-16-23(2)28-27(32)19-11-5-3-4-10-17-24(29)20-26(31)21-25(30)18-13-12-15-22/h3-15,18-19,23-26,29-31H,16-17,20-21H2,1-2H3,(H,28,32)/b5-3-,8-6-,9-7-,10-4-,15-12-,18-13+,19-11-,22-14-/t23-,24+,25-,26+/m0/s1. The van der Waals surface area contributed by atoms with Gasteiger partial charge in [0.05, 0.1) is 18.3 Å². The van der Waals surface area contributed by atoms with Crippen LogP contribution in [0, 0.1) is 0 Å². The van der Waals surface area contributed by atoms with E-state index in [0.29, 0.717) is 6.42 Å². The van der Waals surface area contributed by atoms with Gasteiger partial charge in [-0.05, 0) is 33.1 Å². The lowest BCUT2D eigenvalue weighted by atomic mass is 10.0. The third-order valence-corrected chi connectivity index (χ3v) is 4.58. The molecule has 0 unspecified atom stereocenters. The monoisotopic (exact) mass is 439 g/mol. The molecule has 1 amide bonds. The fourth-order valence-corrected chi connectivity index (χ4v) is 2.89. The summed E-state index contributed by atoms with van der Waals surface area (Å²) in [7, 11) is 0. The largest absolute Gasteiger partial charge is 0.393 e. The molecule has 1 aliphatic heterocycles. The van der Waals surface area contributed by atoms with Crippen molar-refractivity contribution in [1.82, 2.24) is 5.32 Å². The first-order valence-corrected chi connectivity index (χ1v) is 11.1. The van der Waals surface area contributed by atoms with E-state index in [1.165, 1.54) is 6.08 Å². The topological polar surface area (TPSA) is 89.8 Å². The van der Waals surface area contributed by atoms with Crippen molar-refractivity contribution < 1.29 is 20.1 Å². The van der Waals surface area contributed by atoms with Crippen molar-refractivity contribution in [3.63, 3.8) is 0 Å². The minimum atomic E-state index is -0.792. The Bertz CT molecular complexity index is 783. The van der Waals surface area contributed by atoms with Crippen LogP contribution in [-0.4, -0.2) is 45.6 Å². The van der Waals surface area contributed by atoms with E-state index in [1.807, 2.05) is 56.4 Å². The molecule has 0 spiro atoms. The van der Waals surface area contributed by atoms with Gasteiger partial charge in [-0.15, -0.1) is 0 Å². The van der Waals surface area contributed by atoms with E-state index in [1.54, 1.807) is 42.5 Å². The van der Waals surface area contributed by atoms with Gasteiger partial charge in [-0.1, -0.05) is 90.6 Å². The third kappa shape index (κ3) is 15.1. The zero-order valence-electron chi connectivity index (χ0n) is 19.0. The van der Waals surface area contributed by atoms with Crippen LogP contribution in [-0.2, 0) is 4.79 Å². The Labute approximate surface area is 192 Å². The molecular weight excluding hydrogens is 402 g/mol. The van der Waals surface area contributed by atoms with Crippen molar-refractivity contribution in [2.24, 2.45) is 0 Å². The summed E-state index contributed by atoms with van der Waals surface area (Å²) < 4.78 is 0. The molecule has 0 aromatic carbocycles. The highest BCUT2D eigenvalue weighted by molar-refractivity contribution is 5.87. The van der Waals surface area contributed by atoms with Crippen molar-refractivity contribution in [2.45, 2.75) is 63.9 Å². The lowest BCUT2D eigenvalue weighted by molar-refractivity contribution is -0.117. The summed E-state index contributed by atoms with van der Waals surface area (Å²) in [6.07, 6.45) is 26.4. The van der Waals surface area contributed by atoms with Crippen LogP contribution in [0.5, 0.6) is 0 Å². The van der Waals surface area contributed by atoms with Gasteiger partial charge < -0.3 is 20.6 Å². The molecule has 0 aromatic heterocycles. The van der Waals surface area contributed by atoms with Crippen LogP contribution in [0.25, 0.3) is 0 Å². The van der Waals surface area contributed by atoms with Gasteiger partial charge >= 0.3 is 0 Å². The molecule has 0 saturated carbocycles. The van der Waals surface area contributed by atoms with Crippen LogP contribution < -0.4 is 5.32 Å². The molecule has 0 aromatic rings. The fourth-order valence-electron chi connectivity index (χ4n) is 2.89. The summed E-state index contributed by atoms with van der Waals surface area (Å²) in [6.45, 7) is 3.93. The van der Waals surface area contributed by atoms with Crippen LogP contribution in [0.15, 0.2) is 96.7 Å². The maximum atomic E-state index is 11.9. The number of amides is 1. The number of carbonyl (C=O) groups excluding carboxylic acids is 1. The molecule has 0 radical (unpaired) electrons. The quantitative estimate of drug-likeness (QED) is 0.459. The second-order valence-electron chi connectivity index (χ2n) is 7.87. The van der Waals surface area contributed by atoms with Gasteiger partial charge in [0.25, 0.3) is 0 Å². The zero-order valence-corrected chi connectivity index (χ0v) is 19.0. The molecule has 0 fully saturated rings. The van der Waals surface area contributed by atoms with E-state index in [4.69, 9.17) is 0 Å². The summed E-state index contributed by atoms with van der Waals surface area (Å²) in [5, 5.41) is 33.0. The summed E-state index contributed by atoms with van der Waals surface area (Å²) >= 11 is 0. The van der Waals surface area contributed by atoms with E-state index < -0.39 is 18.3 Å². The highest BCUT2D eigenvalue weighted by Crippen LogP contribution is 2.10. The van der Waals surface area contributed by atoms with Crippen molar-refractivity contribution in [3.05, 3.63) is 96.7 Å². The molecule has 0 saturated heterocycles. The first-order chi connectivity index (χ1) is 15.4. The van der Waals surface area contributed by atoms with Gasteiger partial charge in [-0.25, -0.2) is 0 Å². The van der Waals surface area contributed by atoms with Gasteiger partial charge in [-0.3, -0.25) is 4.79 Å². The van der Waals surface area contributed by atoms with Crippen LogP contribution in [0.3, 0.4) is 0 Å². The molecular formula is C27H37NO4. The maximum absolute atomic E-state index is 11.9. The number of rotatable bonds is 0. The lowest BCUT2D eigenvalue weighted by Gasteiger charge is -2.16. The van der Waals surface area contributed by atoms with Gasteiger partial charge in [0.15, 0.2) is 0 Å². The SMILES string of the molecule is CC1=C/C=C\C=C/C[C@H](C)NC(=O)\C=C/C=C\C=C/C[C@@H](O)C[C@@H](O)C[C@@H](O)/C=C/C=C\1. The molecule has 1 heterocycles.